The number of nitrogens with zero attached hydrogens (tertiary/aromatic N) is 1. The molecule has 3 atom stereocenters. The van der Waals surface area contributed by atoms with Crippen molar-refractivity contribution in [3.05, 3.63) is 12.2 Å². The first-order valence-corrected chi connectivity index (χ1v) is 20.0. The molecule has 0 fully saturated rings. The monoisotopic (exact) mass is 662 g/mol. The van der Waals surface area contributed by atoms with Crippen LogP contribution in [0.15, 0.2) is 12.2 Å². The summed E-state index contributed by atoms with van der Waals surface area (Å²) in [6.07, 6.45) is 29.4. The van der Waals surface area contributed by atoms with E-state index in [0.717, 1.165) is 51.4 Å². The number of amides is 1. The number of aliphatic hydroxyl groups excluding tert-OH is 1. The van der Waals surface area contributed by atoms with Crippen LogP contribution in [0.2, 0.25) is 0 Å². The van der Waals surface area contributed by atoms with Gasteiger partial charge in [0.05, 0.1) is 39.9 Å². The van der Waals surface area contributed by atoms with Crippen LogP contribution in [0.25, 0.3) is 0 Å². The first-order chi connectivity index (χ1) is 21.5. The summed E-state index contributed by atoms with van der Waals surface area (Å²) in [5.41, 5.74) is 0. The van der Waals surface area contributed by atoms with Crippen LogP contribution in [0, 0.1) is 0 Å². The van der Waals surface area contributed by atoms with Gasteiger partial charge in [-0.1, -0.05) is 135 Å². The number of carbonyl (C=O) groups is 1. The van der Waals surface area contributed by atoms with Crippen molar-refractivity contribution in [2.24, 2.45) is 0 Å². The highest BCUT2D eigenvalue weighted by Gasteiger charge is 2.28. The van der Waals surface area contributed by atoms with Crippen molar-refractivity contribution in [1.29, 1.82) is 0 Å². The number of rotatable bonds is 33. The Kier molecular flexibility index (Phi) is 28.9. The Bertz CT molecular complexity index is 758. The van der Waals surface area contributed by atoms with Crippen molar-refractivity contribution in [2.75, 3.05) is 40.9 Å². The summed E-state index contributed by atoms with van der Waals surface area (Å²) in [5, 5.41) is 13.8. The van der Waals surface area contributed by atoms with Gasteiger partial charge in [-0.2, -0.15) is 0 Å². The lowest BCUT2D eigenvalue weighted by molar-refractivity contribution is -0.870. The predicted molar refractivity (Wildman–Crippen MR) is 189 cm³/mol. The maximum absolute atomic E-state index is 12.7. The second-order valence-corrected chi connectivity index (χ2v) is 15.4. The Morgan fingerprint density at radius 1 is 0.733 bits per heavy atom. The van der Waals surface area contributed by atoms with Gasteiger partial charge in [0, 0.05) is 6.42 Å². The van der Waals surface area contributed by atoms with Gasteiger partial charge in [0.1, 0.15) is 13.2 Å². The fourth-order valence-electron chi connectivity index (χ4n) is 5.20. The van der Waals surface area contributed by atoms with Crippen molar-refractivity contribution in [1.82, 2.24) is 5.32 Å². The lowest BCUT2D eigenvalue weighted by Crippen LogP contribution is -2.46. The number of phosphoric ester groups is 1. The molecule has 0 saturated carbocycles. The molecule has 0 aromatic carbocycles. The zero-order chi connectivity index (χ0) is 33.7. The zero-order valence-corrected chi connectivity index (χ0v) is 31.0. The SMILES string of the molecule is CCCC/C=C\CCCCCCCC(=O)NC(COP(=O)(O)OCC[N+](C)(C)C)C(O)CCCCCCCCCCCCCC. The third-order valence-corrected chi connectivity index (χ3v) is 9.25. The van der Waals surface area contributed by atoms with Crippen molar-refractivity contribution in [2.45, 2.75) is 174 Å². The van der Waals surface area contributed by atoms with Crippen LogP contribution in [0.1, 0.15) is 162 Å². The molecule has 1 amide bonds. The van der Waals surface area contributed by atoms with E-state index in [-0.39, 0.29) is 19.1 Å². The molecule has 0 heterocycles. The molecule has 45 heavy (non-hydrogen) atoms. The van der Waals surface area contributed by atoms with E-state index in [1.54, 1.807) is 0 Å². The number of nitrogens with one attached hydrogen (secondary N) is 1. The molecule has 0 radical (unpaired) electrons. The van der Waals surface area contributed by atoms with E-state index in [0.29, 0.717) is 23.9 Å². The Balaban J connectivity index is 4.51. The number of phosphoric acid groups is 1. The molecule has 0 aliphatic carbocycles. The second-order valence-electron chi connectivity index (χ2n) is 14.0. The molecular weight excluding hydrogens is 587 g/mol. The lowest BCUT2D eigenvalue weighted by Gasteiger charge is -2.26. The number of likely N-dealkylation sites (N-methyl/N-ethyl adjacent to an activating group) is 1. The van der Waals surface area contributed by atoms with Crippen LogP contribution in [0.5, 0.6) is 0 Å². The Morgan fingerprint density at radius 2 is 1.22 bits per heavy atom. The molecule has 9 heteroatoms. The molecule has 3 N–H and O–H groups in total. The normalized spacial score (nSPS) is 14.9. The zero-order valence-electron chi connectivity index (χ0n) is 30.1. The summed E-state index contributed by atoms with van der Waals surface area (Å²) < 4.78 is 23.5. The summed E-state index contributed by atoms with van der Waals surface area (Å²) >= 11 is 0. The molecule has 0 aromatic heterocycles. The lowest BCUT2D eigenvalue weighted by atomic mass is 10.0. The minimum atomic E-state index is -4.30. The molecular formula is C36H74N2O6P+. The minimum Gasteiger partial charge on any atom is -0.391 e. The van der Waals surface area contributed by atoms with Crippen LogP contribution in [0.4, 0.5) is 0 Å². The Hall–Kier alpha value is -0.760. The number of allylic oxidation sites excluding steroid dienone is 2. The summed E-state index contributed by atoms with van der Waals surface area (Å²) in [7, 11) is 1.61. The van der Waals surface area contributed by atoms with E-state index in [2.05, 4.69) is 31.3 Å². The average Bonchev–Trinajstić information content (AvgIpc) is 2.97. The maximum atomic E-state index is 12.7. The molecule has 0 bridgehead atoms. The second kappa shape index (κ2) is 29.4. The smallest absolute Gasteiger partial charge is 0.391 e. The van der Waals surface area contributed by atoms with Gasteiger partial charge < -0.3 is 19.8 Å². The molecule has 268 valence electrons. The topological polar surface area (TPSA) is 105 Å². The molecule has 0 rings (SSSR count). The highest BCUT2D eigenvalue weighted by molar-refractivity contribution is 7.47. The summed E-state index contributed by atoms with van der Waals surface area (Å²) in [6, 6.07) is -0.757. The highest BCUT2D eigenvalue weighted by Crippen LogP contribution is 2.43. The molecule has 0 spiro atoms. The molecule has 0 aliphatic heterocycles. The van der Waals surface area contributed by atoms with Gasteiger partial charge in [0.15, 0.2) is 0 Å². The molecule has 0 aliphatic rings. The fraction of sp³-hybridized carbons (Fsp3) is 0.917. The Morgan fingerprint density at radius 3 is 1.78 bits per heavy atom. The summed E-state index contributed by atoms with van der Waals surface area (Å²) in [5.74, 6) is -0.157. The van der Waals surface area contributed by atoms with E-state index in [9.17, 15) is 19.4 Å². The highest BCUT2D eigenvalue weighted by atomic mass is 31.2. The van der Waals surface area contributed by atoms with Crippen LogP contribution >= 0.6 is 7.82 Å². The van der Waals surface area contributed by atoms with Gasteiger partial charge in [0.25, 0.3) is 0 Å². The van der Waals surface area contributed by atoms with E-state index < -0.39 is 20.0 Å². The van der Waals surface area contributed by atoms with E-state index in [1.807, 2.05) is 21.1 Å². The largest absolute Gasteiger partial charge is 0.472 e. The summed E-state index contributed by atoms with van der Waals surface area (Å²) in [4.78, 5) is 22.9. The van der Waals surface area contributed by atoms with Gasteiger partial charge in [0.2, 0.25) is 5.91 Å². The number of unbranched alkanes of at least 4 members (excludes halogenated alkanes) is 18. The number of hydrogen-bond acceptors (Lipinski definition) is 5. The van der Waals surface area contributed by atoms with Crippen molar-refractivity contribution < 1.29 is 32.9 Å². The van der Waals surface area contributed by atoms with E-state index in [1.165, 1.54) is 83.5 Å². The van der Waals surface area contributed by atoms with Crippen LogP contribution in [-0.2, 0) is 18.4 Å². The van der Waals surface area contributed by atoms with E-state index >= 15 is 0 Å². The van der Waals surface area contributed by atoms with E-state index in [4.69, 9.17) is 9.05 Å². The Labute approximate surface area is 278 Å². The molecule has 3 unspecified atom stereocenters. The first kappa shape index (κ1) is 44.2. The fourth-order valence-corrected chi connectivity index (χ4v) is 5.94. The standard InChI is InChI=1S/C36H73N2O6P/c1-6-8-10-12-14-16-18-20-21-23-25-27-29-35(39)34(33-44-45(41,42)43-32-31-38(3,4)5)37-36(40)30-28-26-24-22-19-17-15-13-11-9-7-2/h13,15,34-35,39H,6-12,14,16-33H2,1-5H3,(H-,37,40,41,42)/p+1/b15-13-. The van der Waals surface area contributed by atoms with Crippen molar-refractivity contribution in [3.63, 3.8) is 0 Å². The number of hydrogen-bond donors (Lipinski definition) is 3. The number of aliphatic hydroxyl groups is 1. The average molecular weight is 662 g/mol. The van der Waals surface area contributed by atoms with Gasteiger partial charge in [-0.05, 0) is 32.1 Å². The molecule has 0 aromatic rings. The predicted octanol–water partition coefficient (Wildman–Crippen LogP) is 9.24. The minimum absolute atomic E-state index is 0.0743. The van der Waals surface area contributed by atoms with Gasteiger partial charge in [-0.25, -0.2) is 4.57 Å². The number of carbonyl (C=O) groups excluding carboxylic acids is 1. The maximum Gasteiger partial charge on any atom is 0.472 e. The third-order valence-electron chi connectivity index (χ3n) is 8.26. The number of quaternary nitrogens is 1. The van der Waals surface area contributed by atoms with Gasteiger partial charge in [-0.15, -0.1) is 0 Å². The molecule has 8 nitrogen and oxygen atoms in total. The van der Waals surface area contributed by atoms with Crippen molar-refractivity contribution in [3.8, 4) is 0 Å². The van der Waals surface area contributed by atoms with Gasteiger partial charge in [-0.3, -0.25) is 13.8 Å². The van der Waals surface area contributed by atoms with Crippen LogP contribution in [-0.4, -0.2) is 73.4 Å². The van der Waals surface area contributed by atoms with Gasteiger partial charge >= 0.3 is 7.82 Å². The summed E-state index contributed by atoms with van der Waals surface area (Å²) in [6.45, 7) is 4.81. The van der Waals surface area contributed by atoms with Crippen molar-refractivity contribution >= 4 is 13.7 Å². The van der Waals surface area contributed by atoms with Crippen LogP contribution < -0.4 is 5.32 Å². The third kappa shape index (κ3) is 31.6. The molecule has 0 saturated heterocycles. The van der Waals surface area contributed by atoms with Crippen LogP contribution in [0.3, 0.4) is 0 Å². The first-order valence-electron chi connectivity index (χ1n) is 18.6. The quantitative estimate of drug-likeness (QED) is 0.0280.